The Labute approximate surface area is 234 Å². The van der Waals surface area contributed by atoms with Crippen LogP contribution in [0.3, 0.4) is 0 Å². The summed E-state index contributed by atoms with van der Waals surface area (Å²) in [4.78, 5) is 30.0. The van der Waals surface area contributed by atoms with E-state index in [1.165, 1.54) is 36.4 Å². The molecule has 0 aliphatic rings. The van der Waals surface area contributed by atoms with Crippen LogP contribution in [0.5, 0.6) is 0 Å². The highest BCUT2D eigenvalue weighted by Crippen LogP contribution is 2.30. The molecule has 212 valence electrons. The molecule has 41 heavy (non-hydrogen) atoms. The van der Waals surface area contributed by atoms with E-state index < -0.39 is 33.0 Å². The van der Waals surface area contributed by atoms with Crippen LogP contribution in [0.4, 0.5) is 13.2 Å². The van der Waals surface area contributed by atoms with Gasteiger partial charge in [0.25, 0.3) is 11.5 Å². The van der Waals surface area contributed by atoms with Crippen LogP contribution in [0.25, 0.3) is 5.69 Å². The van der Waals surface area contributed by atoms with Gasteiger partial charge in [-0.15, -0.1) is 0 Å². The summed E-state index contributed by atoms with van der Waals surface area (Å²) in [5.41, 5.74) is 0.0283. The molecular formula is C30H26F3N3O4S. The summed E-state index contributed by atoms with van der Waals surface area (Å²) in [7, 11) is -3.56. The second-order valence-corrected chi connectivity index (χ2v) is 11.3. The van der Waals surface area contributed by atoms with Gasteiger partial charge in [0.15, 0.2) is 9.84 Å². The third-order valence-corrected chi connectivity index (χ3v) is 7.90. The second-order valence-electron chi connectivity index (χ2n) is 9.22. The smallest absolute Gasteiger partial charge is 0.348 e. The van der Waals surface area contributed by atoms with Crippen molar-refractivity contribution in [3.8, 4) is 5.69 Å². The Morgan fingerprint density at radius 2 is 1.66 bits per heavy atom. The van der Waals surface area contributed by atoms with Crippen molar-refractivity contribution < 1.29 is 26.4 Å². The van der Waals surface area contributed by atoms with Crippen LogP contribution in [-0.2, 0) is 29.0 Å². The third kappa shape index (κ3) is 7.37. The number of hydrogen-bond acceptors (Lipinski definition) is 5. The molecule has 2 aromatic heterocycles. The lowest BCUT2D eigenvalue weighted by atomic mass is 10.1. The summed E-state index contributed by atoms with van der Waals surface area (Å²) in [5.74, 6) is -0.883. The summed E-state index contributed by atoms with van der Waals surface area (Å²) in [6.07, 6.45) is 2.71. The third-order valence-electron chi connectivity index (χ3n) is 6.27. The minimum absolute atomic E-state index is 0.00186. The molecule has 1 amide bonds. The maximum atomic E-state index is 13.2. The van der Waals surface area contributed by atoms with Crippen molar-refractivity contribution in [2.75, 3.05) is 5.75 Å². The Balaban J connectivity index is 1.42. The molecule has 0 bridgehead atoms. The van der Waals surface area contributed by atoms with Crippen molar-refractivity contribution in [2.45, 2.75) is 31.0 Å². The SMILES string of the molecule is Cc1ccc(C(=O)NCc2ccc(S(=O)(=O)CC=CCc3ccncc3)cc2)c(=O)n1-c1cccc(C(F)(F)F)c1. The van der Waals surface area contributed by atoms with E-state index in [2.05, 4.69) is 10.3 Å². The number of pyridine rings is 2. The predicted octanol–water partition coefficient (Wildman–Crippen LogP) is 5.06. The molecule has 0 aliphatic carbocycles. The van der Waals surface area contributed by atoms with Crippen LogP contribution in [0.1, 0.15) is 32.7 Å². The predicted molar refractivity (Wildman–Crippen MR) is 149 cm³/mol. The fourth-order valence-electron chi connectivity index (χ4n) is 4.07. The van der Waals surface area contributed by atoms with Crippen molar-refractivity contribution in [3.63, 3.8) is 0 Å². The molecule has 0 atom stereocenters. The van der Waals surface area contributed by atoms with E-state index in [4.69, 9.17) is 0 Å². The lowest BCUT2D eigenvalue weighted by Gasteiger charge is -2.14. The molecule has 4 aromatic rings. The quantitative estimate of drug-likeness (QED) is 0.279. The molecular weight excluding hydrogens is 555 g/mol. The fourth-order valence-corrected chi connectivity index (χ4v) is 5.20. The molecule has 0 saturated carbocycles. The number of nitrogens with zero attached hydrogens (tertiary/aromatic N) is 2. The Kier molecular flexibility index (Phi) is 8.87. The number of carbonyl (C=O) groups excluding carboxylic acids is 1. The van der Waals surface area contributed by atoms with Crippen molar-refractivity contribution in [1.82, 2.24) is 14.9 Å². The monoisotopic (exact) mass is 581 g/mol. The highest BCUT2D eigenvalue weighted by Gasteiger charge is 2.30. The molecule has 2 heterocycles. The van der Waals surface area contributed by atoms with Crippen LogP contribution in [-0.4, -0.2) is 29.6 Å². The molecule has 0 spiro atoms. The normalized spacial score (nSPS) is 12.0. The van der Waals surface area contributed by atoms with Crippen LogP contribution < -0.4 is 10.9 Å². The molecule has 4 rings (SSSR count). The van der Waals surface area contributed by atoms with Crippen molar-refractivity contribution in [1.29, 1.82) is 0 Å². The number of hydrogen-bond donors (Lipinski definition) is 1. The molecule has 0 aliphatic heterocycles. The van der Waals surface area contributed by atoms with E-state index in [-0.39, 0.29) is 28.4 Å². The molecule has 0 saturated heterocycles. The highest BCUT2D eigenvalue weighted by atomic mass is 32.2. The minimum Gasteiger partial charge on any atom is -0.348 e. The number of sulfone groups is 1. The minimum atomic E-state index is -4.59. The largest absolute Gasteiger partial charge is 0.416 e. The van der Waals surface area contributed by atoms with E-state index in [0.717, 1.165) is 22.3 Å². The average Bonchev–Trinajstić information content (AvgIpc) is 2.95. The van der Waals surface area contributed by atoms with Gasteiger partial charge in [-0.05, 0) is 79.1 Å². The van der Waals surface area contributed by atoms with Crippen molar-refractivity contribution in [2.24, 2.45) is 0 Å². The number of allylic oxidation sites excluding steroid dienone is 1. The first kappa shape index (κ1) is 29.5. The Bertz CT molecular complexity index is 1730. The van der Waals surface area contributed by atoms with E-state index in [9.17, 15) is 31.2 Å². The van der Waals surface area contributed by atoms with Crippen molar-refractivity contribution >= 4 is 15.7 Å². The second kappa shape index (κ2) is 12.3. The maximum absolute atomic E-state index is 13.2. The fraction of sp³-hybridized carbons (Fsp3) is 0.167. The number of benzene rings is 2. The number of aromatic nitrogens is 2. The van der Waals surface area contributed by atoms with Gasteiger partial charge >= 0.3 is 6.18 Å². The van der Waals surface area contributed by atoms with Gasteiger partial charge in [-0.2, -0.15) is 13.2 Å². The van der Waals surface area contributed by atoms with E-state index in [0.29, 0.717) is 17.7 Å². The molecule has 2 aromatic carbocycles. The molecule has 7 nitrogen and oxygen atoms in total. The number of nitrogens with one attached hydrogen (secondary N) is 1. The summed E-state index contributed by atoms with van der Waals surface area (Å²) in [5, 5.41) is 2.61. The van der Waals surface area contributed by atoms with Crippen LogP contribution in [0, 0.1) is 6.92 Å². The van der Waals surface area contributed by atoms with Gasteiger partial charge in [-0.1, -0.05) is 30.4 Å². The molecule has 0 fully saturated rings. The maximum Gasteiger partial charge on any atom is 0.416 e. The van der Waals surface area contributed by atoms with Gasteiger partial charge in [0.05, 0.1) is 16.2 Å². The average molecular weight is 582 g/mol. The van der Waals surface area contributed by atoms with Gasteiger partial charge in [0, 0.05) is 30.3 Å². The lowest BCUT2D eigenvalue weighted by molar-refractivity contribution is -0.137. The van der Waals surface area contributed by atoms with E-state index >= 15 is 0 Å². The van der Waals surface area contributed by atoms with Crippen molar-refractivity contribution in [3.05, 3.63) is 136 Å². The van der Waals surface area contributed by atoms with E-state index in [1.54, 1.807) is 43.6 Å². The Morgan fingerprint density at radius 3 is 2.34 bits per heavy atom. The number of aryl methyl sites for hydroxylation is 1. The summed E-state index contributed by atoms with van der Waals surface area (Å²) in [6.45, 7) is 1.55. The number of carbonyl (C=O) groups is 1. The van der Waals surface area contributed by atoms with E-state index in [1.807, 2.05) is 12.1 Å². The zero-order valence-electron chi connectivity index (χ0n) is 21.9. The summed E-state index contributed by atoms with van der Waals surface area (Å²) >= 11 is 0. The first-order valence-electron chi connectivity index (χ1n) is 12.5. The summed E-state index contributed by atoms with van der Waals surface area (Å²) in [6, 6.07) is 16.8. The van der Waals surface area contributed by atoms with Crippen LogP contribution in [0.15, 0.2) is 107 Å². The molecule has 0 unspecified atom stereocenters. The highest BCUT2D eigenvalue weighted by molar-refractivity contribution is 7.91. The zero-order valence-corrected chi connectivity index (χ0v) is 22.7. The number of amides is 1. The van der Waals surface area contributed by atoms with Gasteiger partial charge in [0.1, 0.15) is 5.56 Å². The zero-order chi connectivity index (χ0) is 29.6. The van der Waals surface area contributed by atoms with Gasteiger partial charge in [-0.3, -0.25) is 19.1 Å². The number of halogens is 3. The molecule has 1 N–H and O–H groups in total. The first-order chi connectivity index (χ1) is 19.5. The standard InChI is InChI=1S/C30H26F3N3O4S/c1-21-8-13-27(29(38)36(21)25-7-4-6-24(19-25)30(31,32)33)28(37)35-20-23-9-11-26(12-10-23)41(39,40)18-3-2-5-22-14-16-34-17-15-22/h2-4,6-17,19H,5,18,20H2,1H3,(H,35,37). The Morgan fingerprint density at radius 1 is 0.951 bits per heavy atom. The molecule has 0 radical (unpaired) electrons. The number of rotatable bonds is 9. The molecule has 11 heteroatoms. The topological polar surface area (TPSA) is 98.1 Å². The van der Waals surface area contributed by atoms with Crippen LogP contribution >= 0.6 is 0 Å². The number of alkyl halides is 3. The Hall–Kier alpha value is -4.51. The van der Waals surface area contributed by atoms with Gasteiger partial charge < -0.3 is 5.32 Å². The lowest BCUT2D eigenvalue weighted by Crippen LogP contribution is -2.33. The van der Waals surface area contributed by atoms with Gasteiger partial charge in [0.2, 0.25) is 0 Å². The van der Waals surface area contributed by atoms with Gasteiger partial charge in [-0.25, -0.2) is 8.42 Å². The summed E-state index contributed by atoms with van der Waals surface area (Å²) < 4.78 is 65.9. The first-order valence-corrected chi connectivity index (χ1v) is 14.1. The van der Waals surface area contributed by atoms with Crippen LogP contribution in [0.2, 0.25) is 0 Å².